The van der Waals surface area contributed by atoms with Gasteiger partial charge in [0.15, 0.2) is 6.29 Å². The van der Waals surface area contributed by atoms with Crippen molar-refractivity contribution in [3.63, 3.8) is 0 Å². The summed E-state index contributed by atoms with van der Waals surface area (Å²) in [5.74, 6) is 0. The van der Waals surface area contributed by atoms with Gasteiger partial charge >= 0.3 is 0 Å². The van der Waals surface area contributed by atoms with Crippen molar-refractivity contribution in [3.05, 3.63) is 71.8 Å². The summed E-state index contributed by atoms with van der Waals surface area (Å²) in [5.41, 5.74) is 1.78. The summed E-state index contributed by atoms with van der Waals surface area (Å²) in [6.07, 6.45) is 0.0264. The molecule has 0 aliphatic carbocycles. The molecule has 3 rings (SSSR count). The van der Waals surface area contributed by atoms with Crippen molar-refractivity contribution >= 4 is 0 Å². The first kappa shape index (κ1) is 19.1. The standard InChI is InChI=1S/C22H28O4/c1-17-21(24-15-18-10-6-4-7-11-18)22(2,14-20(23-3)26-17)25-16-19-12-8-5-9-13-19/h4-13,17,20-21H,14-16H2,1-3H3/t17-,20-,21+,22+/m0/s1. The number of hydrogen-bond acceptors (Lipinski definition) is 4. The molecule has 140 valence electrons. The molecule has 1 aliphatic rings. The van der Waals surface area contributed by atoms with Crippen LogP contribution in [0.15, 0.2) is 60.7 Å². The molecule has 0 bridgehead atoms. The predicted octanol–water partition coefficient (Wildman–Crippen LogP) is 4.33. The summed E-state index contributed by atoms with van der Waals surface area (Å²) in [7, 11) is 1.67. The van der Waals surface area contributed by atoms with E-state index >= 15 is 0 Å². The second-order valence-electron chi connectivity index (χ2n) is 7.01. The van der Waals surface area contributed by atoms with E-state index in [4.69, 9.17) is 18.9 Å². The molecule has 0 N–H and O–H groups in total. The van der Waals surface area contributed by atoms with Crippen molar-refractivity contribution in [2.75, 3.05) is 7.11 Å². The number of methoxy groups -OCH3 is 1. The molecule has 1 heterocycles. The maximum atomic E-state index is 6.38. The van der Waals surface area contributed by atoms with E-state index in [9.17, 15) is 0 Å². The third-order valence-corrected chi connectivity index (χ3v) is 4.91. The largest absolute Gasteiger partial charge is 0.368 e. The van der Waals surface area contributed by atoms with E-state index in [1.807, 2.05) is 43.3 Å². The first-order valence-corrected chi connectivity index (χ1v) is 9.12. The van der Waals surface area contributed by atoms with Crippen LogP contribution in [0.2, 0.25) is 0 Å². The number of hydrogen-bond donors (Lipinski definition) is 0. The quantitative estimate of drug-likeness (QED) is 0.740. The molecule has 2 aromatic carbocycles. The second-order valence-corrected chi connectivity index (χ2v) is 7.01. The van der Waals surface area contributed by atoms with Gasteiger partial charge in [-0.05, 0) is 25.0 Å². The van der Waals surface area contributed by atoms with Crippen LogP contribution in [0, 0.1) is 0 Å². The zero-order valence-corrected chi connectivity index (χ0v) is 15.8. The molecule has 26 heavy (non-hydrogen) atoms. The lowest BCUT2D eigenvalue weighted by Crippen LogP contribution is -2.57. The van der Waals surface area contributed by atoms with E-state index in [2.05, 4.69) is 31.2 Å². The maximum Gasteiger partial charge on any atom is 0.160 e. The van der Waals surface area contributed by atoms with Gasteiger partial charge in [-0.1, -0.05) is 60.7 Å². The van der Waals surface area contributed by atoms with Crippen LogP contribution in [0.1, 0.15) is 31.4 Å². The molecule has 4 nitrogen and oxygen atoms in total. The summed E-state index contributed by atoms with van der Waals surface area (Å²) >= 11 is 0. The lowest BCUT2D eigenvalue weighted by molar-refractivity contribution is -0.290. The summed E-state index contributed by atoms with van der Waals surface area (Å²) < 4.78 is 24.1. The van der Waals surface area contributed by atoms with Crippen LogP contribution in [0.4, 0.5) is 0 Å². The van der Waals surface area contributed by atoms with E-state index in [1.165, 1.54) is 0 Å². The highest BCUT2D eigenvalue weighted by atomic mass is 16.7. The van der Waals surface area contributed by atoms with Crippen LogP contribution >= 0.6 is 0 Å². The summed E-state index contributed by atoms with van der Waals surface area (Å²) in [5, 5.41) is 0. The van der Waals surface area contributed by atoms with E-state index < -0.39 is 5.60 Å². The number of ether oxygens (including phenoxy) is 4. The monoisotopic (exact) mass is 356 g/mol. The average molecular weight is 356 g/mol. The Balaban J connectivity index is 1.71. The normalized spacial score (nSPS) is 28.8. The third kappa shape index (κ3) is 4.71. The van der Waals surface area contributed by atoms with Crippen LogP contribution < -0.4 is 0 Å². The lowest BCUT2D eigenvalue weighted by Gasteiger charge is -2.46. The fraction of sp³-hybridized carbons (Fsp3) is 0.455. The molecule has 1 aliphatic heterocycles. The molecule has 0 aromatic heterocycles. The van der Waals surface area contributed by atoms with Gasteiger partial charge in [-0.15, -0.1) is 0 Å². The Morgan fingerprint density at radius 2 is 1.54 bits per heavy atom. The predicted molar refractivity (Wildman–Crippen MR) is 101 cm³/mol. The van der Waals surface area contributed by atoms with E-state index in [-0.39, 0.29) is 18.5 Å². The van der Waals surface area contributed by atoms with E-state index in [1.54, 1.807) is 7.11 Å². The fourth-order valence-corrected chi connectivity index (χ4v) is 3.48. The van der Waals surface area contributed by atoms with Gasteiger partial charge in [0.1, 0.15) is 6.10 Å². The summed E-state index contributed by atoms with van der Waals surface area (Å²) in [6.45, 7) is 5.18. The van der Waals surface area contributed by atoms with Gasteiger partial charge in [0, 0.05) is 13.5 Å². The lowest BCUT2D eigenvalue weighted by atomic mass is 9.88. The minimum absolute atomic E-state index is 0.127. The molecule has 0 unspecified atom stereocenters. The number of benzene rings is 2. The molecule has 0 saturated carbocycles. The first-order valence-electron chi connectivity index (χ1n) is 9.12. The van der Waals surface area contributed by atoms with Crippen LogP contribution in [0.5, 0.6) is 0 Å². The number of rotatable bonds is 7. The van der Waals surface area contributed by atoms with Gasteiger partial charge in [-0.2, -0.15) is 0 Å². The molecule has 4 heteroatoms. The molecular weight excluding hydrogens is 328 g/mol. The van der Waals surface area contributed by atoms with Crippen molar-refractivity contribution in [3.8, 4) is 0 Å². The molecule has 0 spiro atoms. The Hall–Kier alpha value is -1.72. The van der Waals surface area contributed by atoms with E-state index in [0.29, 0.717) is 19.6 Å². The minimum atomic E-state index is -0.497. The Bertz CT molecular complexity index is 660. The molecule has 1 saturated heterocycles. The van der Waals surface area contributed by atoms with E-state index in [0.717, 1.165) is 11.1 Å². The van der Waals surface area contributed by atoms with Crippen LogP contribution in [0.3, 0.4) is 0 Å². The highest BCUT2D eigenvalue weighted by Crippen LogP contribution is 2.36. The van der Waals surface area contributed by atoms with Crippen molar-refractivity contribution in [2.24, 2.45) is 0 Å². The fourth-order valence-electron chi connectivity index (χ4n) is 3.48. The van der Waals surface area contributed by atoms with Crippen LogP contribution in [0.25, 0.3) is 0 Å². The minimum Gasteiger partial charge on any atom is -0.368 e. The van der Waals surface area contributed by atoms with Crippen molar-refractivity contribution in [1.82, 2.24) is 0 Å². The Labute approximate surface area is 156 Å². The Morgan fingerprint density at radius 3 is 2.12 bits per heavy atom. The average Bonchev–Trinajstić information content (AvgIpc) is 2.67. The van der Waals surface area contributed by atoms with Crippen molar-refractivity contribution in [1.29, 1.82) is 0 Å². The maximum absolute atomic E-state index is 6.38. The van der Waals surface area contributed by atoms with Crippen LogP contribution in [-0.4, -0.2) is 31.2 Å². The SMILES string of the molecule is CO[C@@H]1C[C@@](C)(OCc2ccccc2)[C@H](OCc2ccccc2)[C@H](C)O1. The highest BCUT2D eigenvalue weighted by molar-refractivity contribution is 5.15. The molecule has 4 atom stereocenters. The molecular formula is C22H28O4. The van der Waals surface area contributed by atoms with Crippen LogP contribution in [-0.2, 0) is 32.2 Å². The van der Waals surface area contributed by atoms with Gasteiger partial charge in [0.25, 0.3) is 0 Å². The third-order valence-electron chi connectivity index (χ3n) is 4.91. The van der Waals surface area contributed by atoms with Gasteiger partial charge in [0.2, 0.25) is 0 Å². The molecule has 0 amide bonds. The first-order chi connectivity index (χ1) is 12.6. The second kappa shape index (κ2) is 8.78. The van der Waals surface area contributed by atoms with Gasteiger partial charge in [0.05, 0.1) is 24.9 Å². The summed E-state index contributed by atoms with van der Waals surface area (Å²) in [4.78, 5) is 0. The molecule has 0 radical (unpaired) electrons. The molecule has 2 aromatic rings. The van der Waals surface area contributed by atoms with Crippen molar-refractivity contribution in [2.45, 2.75) is 57.6 Å². The highest BCUT2D eigenvalue weighted by Gasteiger charge is 2.47. The van der Waals surface area contributed by atoms with Gasteiger partial charge < -0.3 is 18.9 Å². The zero-order valence-electron chi connectivity index (χ0n) is 15.8. The smallest absolute Gasteiger partial charge is 0.160 e. The zero-order chi connectivity index (χ0) is 18.4. The van der Waals surface area contributed by atoms with Gasteiger partial charge in [-0.25, -0.2) is 0 Å². The van der Waals surface area contributed by atoms with Crippen molar-refractivity contribution < 1.29 is 18.9 Å². The molecule has 1 fully saturated rings. The summed E-state index contributed by atoms with van der Waals surface area (Å²) in [6, 6.07) is 20.4. The Morgan fingerprint density at radius 1 is 0.962 bits per heavy atom. The topological polar surface area (TPSA) is 36.9 Å². The van der Waals surface area contributed by atoms with Gasteiger partial charge in [-0.3, -0.25) is 0 Å². The Kier molecular flexibility index (Phi) is 6.43.